The van der Waals surface area contributed by atoms with Gasteiger partial charge in [0.1, 0.15) is 0 Å². The Labute approximate surface area is 315 Å². The van der Waals surface area contributed by atoms with Crippen molar-refractivity contribution in [3.63, 3.8) is 0 Å². The first-order chi connectivity index (χ1) is 25.0. The van der Waals surface area contributed by atoms with Crippen LogP contribution in [0.1, 0.15) is 57.7 Å². The number of thiophene rings is 1. The van der Waals surface area contributed by atoms with Crippen molar-refractivity contribution < 1.29 is 39.6 Å². The predicted octanol–water partition coefficient (Wildman–Crippen LogP) is 7.68. The molecule has 2 fully saturated rings. The average Bonchev–Trinajstić information content (AvgIpc) is 3.86. The van der Waals surface area contributed by atoms with Crippen LogP contribution in [0.25, 0.3) is 16.3 Å². The molecule has 19 heteroatoms. The van der Waals surface area contributed by atoms with Gasteiger partial charge in [-0.05, 0) is 73.9 Å². The highest BCUT2D eigenvalue weighted by Gasteiger charge is 2.46. The zero-order valence-electron chi connectivity index (χ0n) is 27.5. The van der Waals surface area contributed by atoms with Gasteiger partial charge in [-0.1, -0.05) is 41.5 Å². The summed E-state index contributed by atoms with van der Waals surface area (Å²) in [7, 11) is -4.46. The van der Waals surface area contributed by atoms with Crippen LogP contribution in [0, 0.1) is 17.8 Å². The van der Waals surface area contributed by atoms with Gasteiger partial charge in [-0.2, -0.15) is 48.9 Å². The molecule has 2 aliphatic heterocycles. The van der Waals surface area contributed by atoms with Gasteiger partial charge in [-0.25, -0.2) is 9.69 Å². The lowest BCUT2D eigenvalue weighted by Crippen LogP contribution is -2.45. The number of aromatic nitrogens is 2. The molecule has 0 bridgehead atoms. The summed E-state index contributed by atoms with van der Waals surface area (Å²) in [4.78, 5) is 14.8. The quantitative estimate of drug-likeness (QED) is 0.141. The fourth-order valence-electron chi connectivity index (χ4n) is 5.96. The fraction of sp³-hybridized carbons (Fsp3) is 0.353. The van der Waals surface area contributed by atoms with E-state index in [9.17, 15) is 39.6 Å². The van der Waals surface area contributed by atoms with Gasteiger partial charge in [0.2, 0.25) is 0 Å². The van der Waals surface area contributed by atoms with Crippen LogP contribution < -0.4 is 10.1 Å². The van der Waals surface area contributed by atoms with Crippen LogP contribution in [-0.4, -0.2) is 65.8 Å². The second-order valence-electron chi connectivity index (χ2n) is 12.4. The summed E-state index contributed by atoms with van der Waals surface area (Å²) < 4.78 is 111. The maximum Gasteiger partial charge on any atom is 0.416 e. The number of benzene rings is 2. The van der Waals surface area contributed by atoms with E-state index in [4.69, 9.17) is 23.2 Å². The van der Waals surface area contributed by atoms with Gasteiger partial charge >= 0.3 is 12.4 Å². The number of alkyl halides is 6. The third-order valence-electron chi connectivity index (χ3n) is 8.72. The molecule has 2 saturated heterocycles. The van der Waals surface area contributed by atoms with Gasteiger partial charge in [-0.3, -0.25) is 10.2 Å². The topological polar surface area (TPSA) is 99.6 Å². The van der Waals surface area contributed by atoms with Crippen LogP contribution >= 0.6 is 34.5 Å². The molecular formula is C34H30Cl2F6N6O3S2. The highest BCUT2D eigenvalue weighted by Crippen LogP contribution is 2.38. The van der Waals surface area contributed by atoms with Crippen molar-refractivity contribution in [2.75, 3.05) is 26.2 Å². The van der Waals surface area contributed by atoms with E-state index in [1.165, 1.54) is 22.9 Å². The Kier molecular flexibility index (Phi) is 11.5. The SMILES string of the molecule is O=C(NN1CCCCC1)c1nn(-c2ccc(Cl)cc2Cl)c(-c2ccc(C#Cc3ccc(C(F)(F)F)cc3)s2)c1CNS(=O)(=O)N1CC[C@H](C(F)(F)F)C1. The molecule has 0 aliphatic carbocycles. The molecule has 9 nitrogen and oxygen atoms in total. The minimum absolute atomic E-state index is 0.102. The summed E-state index contributed by atoms with van der Waals surface area (Å²) in [5, 5.41) is 6.80. The molecule has 2 aliphatic rings. The first kappa shape index (κ1) is 39.1. The van der Waals surface area contributed by atoms with E-state index in [2.05, 4.69) is 27.1 Å². The number of amides is 1. The number of nitrogens with zero attached hydrogens (tertiary/aromatic N) is 4. The number of nitrogens with one attached hydrogen (secondary N) is 2. The number of hydrogen-bond acceptors (Lipinski definition) is 6. The lowest BCUT2D eigenvalue weighted by atomic mass is 10.1. The van der Waals surface area contributed by atoms with Crippen molar-refractivity contribution in [2.45, 2.75) is 44.6 Å². The van der Waals surface area contributed by atoms with Crippen molar-refractivity contribution >= 4 is 50.7 Å². The van der Waals surface area contributed by atoms with Crippen LogP contribution in [-0.2, 0) is 22.9 Å². The Morgan fingerprint density at radius 3 is 2.30 bits per heavy atom. The zero-order valence-corrected chi connectivity index (χ0v) is 30.6. The summed E-state index contributed by atoms with van der Waals surface area (Å²) in [5.41, 5.74) is 2.80. The van der Waals surface area contributed by atoms with E-state index in [1.54, 1.807) is 29.3 Å². The Bertz CT molecular complexity index is 2160. The minimum atomic E-state index is -4.57. The Morgan fingerprint density at radius 1 is 0.943 bits per heavy atom. The molecule has 0 spiro atoms. The molecule has 0 saturated carbocycles. The fourth-order valence-corrected chi connectivity index (χ4v) is 8.60. The van der Waals surface area contributed by atoms with Crippen molar-refractivity contribution in [2.24, 2.45) is 5.92 Å². The van der Waals surface area contributed by atoms with Gasteiger partial charge < -0.3 is 0 Å². The van der Waals surface area contributed by atoms with Gasteiger partial charge in [0.05, 0.1) is 37.6 Å². The monoisotopic (exact) mass is 818 g/mol. The number of rotatable bonds is 8. The maximum absolute atomic E-state index is 13.9. The first-order valence-electron chi connectivity index (χ1n) is 16.2. The molecule has 4 aromatic rings. The van der Waals surface area contributed by atoms with Crippen molar-refractivity contribution in [1.29, 1.82) is 0 Å². The van der Waals surface area contributed by atoms with Crippen LogP contribution in [0.3, 0.4) is 0 Å². The summed E-state index contributed by atoms with van der Waals surface area (Å²) in [5.74, 6) is 3.28. The molecule has 4 heterocycles. The Hall–Kier alpha value is -3.63. The number of piperidine rings is 1. The lowest BCUT2D eigenvalue weighted by Gasteiger charge is -2.26. The van der Waals surface area contributed by atoms with Gasteiger partial charge in [0, 0.05) is 48.9 Å². The van der Waals surface area contributed by atoms with Gasteiger partial charge in [0.25, 0.3) is 16.1 Å². The molecule has 1 atom stereocenters. The van der Waals surface area contributed by atoms with Crippen molar-refractivity contribution in [3.8, 4) is 28.1 Å². The molecule has 282 valence electrons. The summed E-state index contributed by atoms with van der Waals surface area (Å²) in [6.07, 6.45) is -6.79. The highest BCUT2D eigenvalue weighted by molar-refractivity contribution is 7.87. The van der Waals surface area contributed by atoms with E-state index < -0.39 is 59.5 Å². The second kappa shape index (κ2) is 15.6. The number of halogens is 8. The van der Waals surface area contributed by atoms with Crippen LogP contribution in [0.15, 0.2) is 54.6 Å². The molecule has 0 radical (unpaired) electrons. The lowest BCUT2D eigenvalue weighted by molar-refractivity contribution is -0.169. The molecule has 6 rings (SSSR count). The number of carbonyl (C=O) groups excluding carboxylic acids is 1. The predicted molar refractivity (Wildman–Crippen MR) is 189 cm³/mol. The van der Waals surface area contributed by atoms with Crippen LogP contribution in [0.5, 0.6) is 0 Å². The largest absolute Gasteiger partial charge is 0.416 e. The molecule has 2 aromatic heterocycles. The molecule has 2 N–H and O–H groups in total. The normalized spacial score (nSPS) is 17.5. The van der Waals surface area contributed by atoms with E-state index in [-0.39, 0.29) is 34.2 Å². The Balaban J connectivity index is 1.41. The van der Waals surface area contributed by atoms with E-state index >= 15 is 0 Å². The van der Waals surface area contributed by atoms with Crippen LogP contribution in [0.2, 0.25) is 10.0 Å². The summed E-state index contributed by atoms with van der Waals surface area (Å²) >= 11 is 13.9. The minimum Gasteiger partial charge on any atom is -0.283 e. The number of hydrazine groups is 1. The van der Waals surface area contributed by atoms with Crippen molar-refractivity contribution in [1.82, 2.24) is 29.2 Å². The standard InChI is InChI=1S/C34H30Cl2F6N6O3S2/c35-24-9-12-28(27(36)18-24)48-31(29-13-11-25(52-29)10-6-21-4-7-22(8-5-21)33(37,38)39)26(30(44-48)32(49)45-46-15-2-1-3-16-46)19-43-53(50,51)47-17-14-23(20-47)34(40,41)42/h4-5,7-9,11-13,18,23,43H,1-3,14-17,19-20H2,(H,45,49)/t23-/m0/s1. The van der Waals surface area contributed by atoms with Crippen molar-refractivity contribution in [3.05, 3.63) is 91.9 Å². The average molecular weight is 820 g/mol. The smallest absolute Gasteiger partial charge is 0.283 e. The number of carbonyl (C=O) groups is 1. The third-order valence-corrected chi connectivity index (χ3v) is 11.8. The third kappa shape index (κ3) is 9.19. The maximum atomic E-state index is 13.9. The molecule has 2 aromatic carbocycles. The first-order valence-corrected chi connectivity index (χ1v) is 19.2. The molecule has 1 amide bonds. The van der Waals surface area contributed by atoms with Crippen LogP contribution in [0.4, 0.5) is 26.3 Å². The highest BCUT2D eigenvalue weighted by atomic mass is 35.5. The van der Waals surface area contributed by atoms with E-state index in [1.807, 2.05) is 0 Å². The van der Waals surface area contributed by atoms with Gasteiger partial charge in [-0.15, -0.1) is 11.3 Å². The van der Waals surface area contributed by atoms with Gasteiger partial charge in [0.15, 0.2) is 5.69 Å². The zero-order chi connectivity index (χ0) is 38.1. The Morgan fingerprint density at radius 2 is 1.66 bits per heavy atom. The molecular weight excluding hydrogens is 789 g/mol. The van der Waals surface area contributed by atoms with E-state index in [0.29, 0.717) is 33.4 Å². The second-order valence-corrected chi connectivity index (χ2v) is 16.1. The van der Waals surface area contributed by atoms with E-state index in [0.717, 1.165) is 47.0 Å². The summed E-state index contributed by atoms with van der Waals surface area (Å²) in [6, 6.07) is 12.2. The summed E-state index contributed by atoms with van der Waals surface area (Å²) in [6.45, 7) is -0.486. The molecule has 0 unspecified atom stereocenters. The number of hydrogen-bond donors (Lipinski definition) is 2. The molecule has 53 heavy (non-hydrogen) atoms.